The highest BCUT2D eigenvalue weighted by molar-refractivity contribution is 7.86. The van der Waals surface area contributed by atoms with Gasteiger partial charge in [0.25, 0.3) is 16.0 Å². The minimum Gasteiger partial charge on any atom is -0.493 e. The second-order valence-corrected chi connectivity index (χ2v) is 14.6. The molecule has 264 valence electrons. The Bertz CT molecular complexity index is 1610. The molecule has 0 amide bonds. The van der Waals surface area contributed by atoms with Crippen LogP contribution in [0.25, 0.3) is 10.8 Å². The number of hydrogen-bond donors (Lipinski definition) is 2. The number of ether oxygens (including phenoxy) is 2. The average Bonchev–Trinajstić information content (AvgIpc) is 3.11. The van der Waals surface area contributed by atoms with E-state index in [2.05, 4.69) is 31.8 Å². The van der Waals surface area contributed by atoms with Crippen LogP contribution >= 0.6 is 0 Å². The van der Waals surface area contributed by atoms with Crippen LogP contribution < -0.4 is 20.3 Å². The third kappa shape index (κ3) is 9.10. The molecule has 0 aliphatic carbocycles. The molecule has 2 aromatic carbocycles. The van der Waals surface area contributed by atoms with Gasteiger partial charge in [0.15, 0.2) is 5.82 Å². The van der Waals surface area contributed by atoms with Gasteiger partial charge in [-0.2, -0.15) is 13.5 Å². The Hall–Kier alpha value is -3.13. The zero-order chi connectivity index (χ0) is 34.1. The number of nitrogens with one attached hydrogen (secondary N) is 2. The number of hydrogen-bond acceptors (Lipinski definition) is 10. The van der Waals surface area contributed by atoms with Gasteiger partial charge in [0.05, 0.1) is 49.3 Å². The molecule has 1 unspecified atom stereocenters. The largest absolute Gasteiger partial charge is 0.493 e. The molecule has 10 nitrogen and oxygen atoms in total. The number of aromatic nitrogens is 2. The molecule has 3 aromatic rings. The van der Waals surface area contributed by atoms with Gasteiger partial charge in [0, 0.05) is 41.7 Å². The standard InChI is InChI=1S/C35H49F2N5O5S/c1-4-48(43,44)47-19-8-6-5-7-18-46-32-24-30(42-16-20-45-21-17-42)23-31-33(32)26(3)40-41-34(31)39-25(2)27-10-9-11-29(22-27)35(36,37)28-12-14-38-15-13-28/h9-11,22-25,28,38H,4-8,12-21H2,1-3H3,(H,39,41). The van der Waals surface area contributed by atoms with Crippen LogP contribution in [0, 0.1) is 12.8 Å². The van der Waals surface area contributed by atoms with E-state index in [1.54, 1.807) is 19.1 Å². The molecule has 0 spiro atoms. The number of unbranched alkanes of at least 4 members (excludes halogenated alkanes) is 3. The minimum absolute atomic E-state index is 0.0248. The maximum Gasteiger partial charge on any atom is 0.276 e. The Morgan fingerprint density at radius 2 is 1.79 bits per heavy atom. The maximum atomic E-state index is 15.6. The van der Waals surface area contributed by atoms with Gasteiger partial charge in [-0.3, -0.25) is 4.18 Å². The second-order valence-electron chi connectivity index (χ2n) is 12.7. The number of benzene rings is 2. The van der Waals surface area contributed by atoms with E-state index in [4.69, 9.17) is 13.7 Å². The van der Waals surface area contributed by atoms with Gasteiger partial charge >= 0.3 is 0 Å². The number of alkyl halides is 2. The number of halogens is 2. The lowest BCUT2D eigenvalue weighted by Crippen LogP contribution is -2.36. The highest BCUT2D eigenvalue weighted by atomic mass is 32.2. The fourth-order valence-corrected chi connectivity index (χ4v) is 6.89. The lowest BCUT2D eigenvalue weighted by atomic mass is 9.86. The predicted molar refractivity (Wildman–Crippen MR) is 185 cm³/mol. The summed E-state index contributed by atoms with van der Waals surface area (Å²) in [5, 5.41) is 17.3. The molecule has 48 heavy (non-hydrogen) atoms. The Labute approximate surface area is 283 Å². The third-order valence-electron chi connectivity index (χ3n) is 9.27. The van der Waals surface area contributed by atoms with Crippen molar-refractivity contribution >= 4 is 32.4 Å². The van der Waals surface area contributed by atoms with E-state index in [9.17, 15) is 8.42 Å². The van der Waals surface area contributed by atoms with Gasteiger partial charge in [-0.05, 0) is 83.7 Å². The molecule has 1 aromatic heterocycles. The van der Waals surface area contributed by atoms with Crippen molar-refractivity contribution in [3.05, 3.63) is 53.2 Å². The lowest BCUT2D eigenvalue weighted by molar-refractivity contribution is -0.0754. The summed E-state index contributed by atoms with van der Waals surface area (Å²) in [6.45, 7) is 10.1. The topological polar surface area (TPSA) is 115 Å². The van der Waals surface area contributed by atoms with Crippen molar-refractivity contribution in [3.63, 3.8) is 0 Å². The number of anilines is 2. The summed E-state index contributed by atoms with van der Waals surface area (Å²) >= 11 is 0. The van der Waals surface area contributed by atoms with Crippen molar-refractivity contribution in [3.8, 4) is 5.75 Å². The molecule has 5 rings (SSSR count). The number of piperidine rings is 1. The number of nitrogens with zero attached hydrogens (tertiary/aromatic N) is 3. The molecular formula is C35H49F2N5O5S. The monoisotopic (exact) mass is 689 g/mol. The first-order valence-corrected chi connectivity index (χ1v) is 18.8. The highest BCUT2D eigenvalue weighted by Crippen LogP contribution is 2.42. The molecule has 2 aliphatic heterocycles. The lowest BCUT2D eigenvalue weighted by Gasteiger charge is -2.31. The zero-order valence-electron chi connectivity index (χ0n) is 28.3. The van der Waals surface area contributed by atoms with Gasteiger partial charge in [-0.15, -0.1) is 5.10 Å². The fraction of sp³-hybridized carbons (Fsp3) is 0.600. The van der Waals surface area contributed by atoms with Crippen molar-refractivity contribution in [1.29, 1.82) is 0 Å². The molecule has 2 aliphatic rings. The number of fused-ring (bicyclic) bond motifs is 1. The second kappa shape index (κ2) is 16.5. The van der Waals surface area contributed by atoms with Gasteiger partial charge in [0.1, 0.15) is 5.75 Å². The van der Waals surface area contributed by atoms with Crippen LogP contribution in [0.3, 0.4) is 0 Å². The summed E-state index contributed by atoms with van der Waals surface area (Å²) in [6, 6.07) is 10.5. The number of rotatable bonds is 16. The van der Waals surface area contributed by atoms with Crippen LogP contribution in [-0.2, 0) is 25.0 Å². The molecular weight excluding hydrogens is 640 g/mol. The van der Waals surface area contributed by atoms with Crippen LogP contribution in [-0.4, -0.2) is 77.0 Å². The molecule has 0 radical (unpaired) electrons. The predicted octanol–water partition coefficient (Wildman–Crippen LogP) is 6.34. The zero-order valence-corrected chi connectivity index (χ0v) is 29.1. The first-order chi connectivity index (χ1) is 23.1. The summed E-state index contributed by atoms with van der Waals surface area (Å²) in [7, 11) is -3.42. The van der Waals surface area contributed by atoms with Crippen LogP contribution in [0.4, 0.5) is 20.3 Å². The Morgan fingerprint density at radius 3 is 2.52 bits per heavy atom. The SMILES string of the molecule is CCS(=O)(=O)OCCCCCCOc1cc(N2CCOCC2)cc2c(NC(C)c3cccc(C(F)(F)C4CCNCC4)c3)nnc(C)c12. The molecule has 0 bridgehead atoms. The van der Waals surface area contributed by atoms with Crippen LogP contribution in [0.2, 0.25) is 0 Å². The smallest absolute Gasteiger partial charge is 0.276 e. The van der Waals surface area contributed by atoms with E-state index < -0.39 is 22.0 Å². The first-order valence-electron chi connectivity index (χ1n) is 17.2. The first kappa shape index (κ1) is 36.2. The van der Waals surface area contributed by atoms with Gasteiger partial charge in [0.2, 0.25) is 0 Å². The molecule has 2 saturated heterocycles. The third-order valence-corrected chi connectivity index (χ3v) is 10.5. The van der Waals surface area contributed by atoms with E-state index in [1.807, 2.05) is 26.0 Å². The average molecular weight is 690 g/mol. The van der Waals surface area contributed by atoms with E-state index in [1.165, 1.54) is 6.07 Å². The van der Waals surface area contributed by atoms with Crippen molar-refractivity contribution in [1.82, 2.24) is 15.5 Å². The van der Waals surface area contributed by atoms with Crippen molar-refractivity contribution in [2.24, 2.45) is 5.92 Å². The summed E-state index contributed by atoms with van der Waals surface area (Å²) < 4.78 is 71.2. The van der Waals surface area contributed by atoms with E-state index in [0.29, 0.717) is 63.7 Å². The quantitative estimate of drug-likeness (QED) is 0.130. The van der Waals surface area contributed by atoms with Gasteiger partial charge in [-0.25, -0.2) is 8.78 Å². The van der Waals surface area contributed by atoms with Crippen LogP contribution in [0.15, 0.2) is 36.4 Å². The number of aryl methyl sites for hydroxylation is 1. The molecule has 2 fully saturated rings. The van der Waals surface area contributed by atoms with E-state index >= 15 is 8.78 Å². The van der Waals surface area contributed by atoms with Gasteiger partial charge in [-0.1, -0.05) is 24.6 Å². The van der Waals surface area contributed by atoms with Gasteiger partial charge < -0.3 is 25.0 Å². The highest BCUT2D eigenvalue weighted by Gasteiger charge is 2.41. The summed E-state index contributed by atoms with van der Waals surface area (Å²) in [6.07, 6.45) is 4.06. The summed E-state index contributed by atoms with van der Waals surface area (Å²) in [5.74, 6) is -2.35. The van der Waals surface area contributed by atoms with Crippen LogP contribution in [0.1, 0.15) is 75.2 Å². The van der Waals surface area contributed by atoms with Crippen LogP contribution in [0.5, 0.6) is 5.75 Å². The van der Waals surface area contributed by atoms with Crippen molar-refractivity contribution < 1.29 is 30.9 Å². The molecule has 0 saturated carbocycles. The maximum absolute atomic E-state index is 15.6. The number of morpholine rings is 1. The molecule has 3 heterocycles. The fourth-order valence-electron chi connectivity index (χ4n) is 6.35. The van der Waals surface area contributed by atoms with Crippen molar-refractivity contribution in [2.75, 3.05) is 68.6 Å². The summed E-state index contributed by atoms with van der Waals surface area (Å²) in [4.78, 5) is 2.26. The summed E-state index contributed by atoms with van der Waals surface area (Å²) in [5.41, 5.74) is 2.51. The Kier molecular flexibility index (Phi) is 12.4. The van der Waals surface area contributed by atoms with Crippen molar-refractivity contribution in [2.45, 2.75) is 71.3 Å². The Morgan fingerprint density at radius 1 is 1.06 bits per heavy atom. The van der Waals surface area contributed by atoms with E-state index in [0.717, 1.165) is 60.1 Å². The normalized spacial score (nSPS) is 17.1. The van der Waals surface area contributed by atoms with E-state index in [-0.39, 0.29) is 24.0 Å². The minimum atomic E-state index is -3.42. The molecule has 1 atom stereocenters. The molecule has 2 N–H and O–H groups in total. The Balaban J connectivity index is 1.34. The molecule has 13 heteroatoms.